The van der Waals surface area contributed by atoms with Gasteiger partial charge in [0.15, 0.2) is 11.5 Å². The Balaban J connectivity index is 1.55. The summed E-state index contributed by atoms with van der Waals surface area (Å²) in [6.07, 6.45) is 1.61. The van der Waals surface area contributed by atoms with Gasteiger partial charge in [-0.2, -0.15) is 0 Å². The summed E-state index contributed by atoms with van der Waals surface area (Å²) in [4.78, 5) is 26.5. The molecule has 0 bridgehead atoms. The van der Waals surface area contributed by atoms with Crippen LogP contribution in [-0.2, 0) is 17.9 Å². The SMILES string of the molecule is CCOc1cc(/C=C2/NC(=O)N(Cc3ccccc3)C2=O)c(Br)cc1OCc1ccc(Cl)c(Cl)c1. The van der Waals surface area contributed by atoms with E-state index in [9.17, 15) is 9.59 Å². The van der Waals surface area contributed by atoms with Crippen molar-refractivity contribution in [2.45, 2.75) is 20.1 Å². The number of hydrogen-bond acceptors (Lipinski definition) is 4. The smallest absolute Gasteiger partial charge is 0.329 e. The number of ether oxygens (including phenoxy) is 2. The topological polar surface area (TPSA) is 67.9 Å². The molecule has 3 amide bonds. The van der Waals surface area contributed by atoms with Crippen molar-refractivity contribution in [1.29, 1.82) is 0 Å². The van der Waals surface area contributed by atoms with E-state index in [0.29, 0.717) is 38.2 Å². The summed E-state index contributed by atoms with van der Waals surface area (Å²) in [5.41, 5.74) is 2.54. The van der Waals surface area contributed by atoms with Crippen LogP contribution < -0.4 is 14.8 Å². The molecule has 4 rings (SSSR count). The van der Waals surface area contributed by atoms with E-state index >= 15 is 0 Å². The molecule has 0 unspecified atom stereocenters. The molecule has 0 atom stereocenters. The Hall–Kier alpha value is -3.00. The molecule has 6 nitrogen and oxygen atoms in total. The number of halogens is 3. The minimum Gasteiger partial charge on any atom is -0.490 e. The van der Waals surface area contributed by atoms with Crippen molar-refractivity contribution >= 4 is 57.1 Å². The van der Waals surface area contributed by atoms with Crippen LogP contribution >= 0.6 is 39.1 Å². The standard InChI is InChI=1S/C26H21BrCl2N2O4/c1-2-34-23-12-18(19(27)13-24(23)35-15-17-8-9-20(28)21(29)10-17)11-22-25(32)31(26(33)30-22)14-16-6-4-3-5-7-16/h3-13H,2,14-15H2,1H3,(H,30,33)/b22-11+. The minimum absolute atomic E-state index is 0.179. The summed E-state index contributed by atoms with van der Waals surface area (Å²) in [5.74, 6) is 0.614. The maximum atomic E-state index is 12.9. The van der Waals surface area contributed by atoms with Gasteiger partial charge in [0.1, 0.15) is 12.3 Å². The van der Waals surface area contributed by atoms with Crippen LogP contribution in [0.5, 0.6) is 11.5 Å². The lowest BCUT2D eigenvalue weighted by Crippen LogP contribution is -2.30. The van der Waals surface area contributed by atoms with E-state index < -0.39 is 11.9 Å². The highest BCUT2D eigenvalue weighted by molar-refractivity contribution is 9.10. The van der Waals surface area contributed by atoms with E-state index in [-0.39, 0.29) is 18.8 Å². The highest BCUT2D eigenvalue weighted by Crippen LogP contribution is 2.36. The van der Waals surface area contributed by atoms with E-state index in [1.54, 1.807) is 30.3 Å². The molecule has 0 aromatic heterocycles. The van der Waals surface area contributed by atoms with E-state index in [2.05, 4.69) is 21.2 Å². The van der Waals surface area contributed by atoms with Gasteiger partial charge in [-0.05, 0) is 54.0 Å². The van der Waals surface area contributed by atoms with Crippen LogP contribution in [0.3, 0.4) is 0 Å². The van der Waals surface area contributed by atoms with E-state index in [1.807, 2.05) is 43.3 Å². The Morgan fingerprint density at radius 1 is 0.943 bits per heavy atom. The molecule has 0 saturated carbocycles. The number of benzene rings is 3. The second kappa shape index (κ2) is 11.2. The summed E-state index contributed by atoms with van der Waals surface area (Å²) in [6.45, 7) is 2.73. The normalized spacial score (nSPS) is 14.4. The number of nitrogens with one attached hydrogen (secondary N) is 1. The first-order valence-electron chi connectivity index (χ1n) is 10.8. The van der Waals surface area contributed by atoms with Crippen molar-refractivity contribution in [1.82, 2.24) is 10.2 Å². The van der Waals surface area contributed by atoms with Gasteiger partial charge in [-0.15, -0.1) is 0 Å². The van der Waals surface area contributed by atoms with Crippen LogP contribution in [0, 0.1) is 0 Å². The molecule has 0 spiro atoms. The third kappa shape index (κ3) is 5.99. The molecule has 0 radical (unpaired) electrons. The number of carbonyl (C=O) groups excluding carboxylic acids is 2. The lowest BCUT2D eigenvalue weighted by molar-refractivity contribution is -0.123. The molecule has 1 fully saturated rings. The molecule has 1 saturated heterocycles. The van der Waals surface area contributed by atoms with Crippen molar-refractivity contribution in [2.75, 3.05) is 6.61 Å². The third-order valence-corrected chi connectivity index (χ3v) is 6.61. The Morgan fingerprint density at radius 2 is 1.69 bits per heavy atom. The van der Waals surface area contributed by atoms with Crippen LogP contribution in [0.4, 0.5) is 4.79 Å². The van der Waals surface area contributed by atoms with Crippen LogP contribution in [0.15, 0.2) is 70.8 Å². The number of nitrogens with zero attached hydrogens (tertiary/aromatic N) is 1. The van der Waals surface area contributed by atoms with E-state index in [0.717, 1.165) is 11.1 Å². The van der Waals surface area contributed by atoms with Gasteiger partial charge < -0.3 is 14.8 Å². The number of rotatable bonds is 8. The van der Waals surface area contributed by atoms with Gasteiger partial charge in [0.25, 0.3) is 5.91 Å². The van der Waals surface area contributed by atoms with Crippen LogP contribution in [0.25, 0.3) is 6.08 Å². The van der Waals surface area contributed by atoms with Gasteiger partial charge >= 0.3 is 6.03 Å². The van der Waals surface area contributed by atoms with Gasteiger partial charge in [0.05, 0.1) is 23.2 Å². The van der Waals surface area contributed by atoms with E-state index in [1.165, 1.54) is 4.90 Å². The Labute approximate surface area is 221 Å². The van der Waals surface area contributed by atoms with Crippen LogP contribution in [0.1, 0.15) is 23.6 Å². The molecule has 1 heterocycles. The zero-order valence-electron chi connectivity index (χ0n) is 18.7. The maximum Gasteiger partial charge on any atom is 0.329 e. The minimum atomic E-state index is -0.465. The summed E-state index contributed by atoms with van der Waals surface area (Å²) >= 11 is 15.6. The fraction of sp³-hybridized carbons (Fsp3) is 0.154. The molecule has 35 heavy (non-hydrogen) atoms. The first-order chi connectivity index (χ1) is 16.9. The summed E-state index contributed by atoms with van der Waals surface area (Å²) in [6, 6.07) is 17.7. The fourth-order valence-electron chi connectivity index (χ4n) is 3.47. The van der Waals surface area contributed by atoms with E-state index in [4.69, 9.17) is 32.7 Å². The number of urea groups is 1. The number of imide groups is 1. The van der Waals surface area contributed by atoms with Crippen molar-refractivity contribution < 1.29 is 19.1 Å². The second-order valence-corrected chi connectivity index (χ2v) is 9.32. The molecule has 9 heteroatoms. The number of hydrogen-bond donors (Lipinski definition) is 1. The summed E-state index contributed by atoms with van der Waals surface area (Å²) in [5, 5.41) is 3.58. The molecular formula is C26H21BrCl2N2O4. The average molecular weight is 576 g/mol. The molecule has 3 aromatic rings. The first kappa shape index (κ1) is 25.1. The van der Waals surface area contributed by atoms with Gasteiger partial charge in [0.2, 0.25) is 0 Å². The molecule has 3 aromatic carbocycles. The first-order valence-corrected chi connectivity index (χ1v) is 12.3. The monoisotopic (exact) mass is 574 g/mol. The van der Waals surface area contributed by atoms with Gasteiger partial charge in [0, 0.05) is 4.47 Å². The molecule has 1 N–H and O–H groups in total. The predicted molar refractivity (Wildman–Crippen MR) is 140 cm³/mol. The average Bonchev–Trinajstić information content (AvgIpc) is 3.10. The van der Waals surface area contributed by atoms with Crippen LogP contribution in [0.2, 0.25) is 10.0 Å². The summed E-state index contributed by atoms with van der Waals surface area (Å²) < 4.78 is 12.4. The number of carbonyl (C=O) groups is 2. The van der Waals surface area contributed by atoms with Gasteiger partial charge in [-0.3, -0.25) is 9.69 Å². The molecule has 1 aliphatic heterocycles. The van der Waals surface area contributed by atoms with Gasteiger partial charge in [-0.25, -0.2) is 4.79 Å². The zero-order chi connectivity index (χ0) is 24.9. The lowest BCUT2D eigenvalue weighted by Gasteiger charge is -2.14. The largest absolute Gasteiger partial charge is 0.490 e. The van der Waals surface area contributed by atoms with Crippen molar-refractivity contribution in [3.05, 3.63) is 97.6 Å². The Kier molecular flexibility index (Phi) is 8.00. The second-order valence-electron chi connectivity index (χ2n) is 7.66. The third-order valence-electron chi connectivity index (χ3n) is 5.19. The quantitative estimate of drug-likeness (QED) is 0.236. The van der Waals surface area contributed by atoms with Crippen molar-refractivity contribution in [3.8, 4) is 11.5 Å². The van der Waals surface area contributed by atoms with Crippen LogP contribution in [-0.4, -0.2) is 23.4 Å². The Morgan fingerprint density at radius 3 is 2.40 bits per heavy atom. The maximum absolute atomic E-state index is 12.9. The van der Waals surface area contributed by atoms with Gasteiger partial charge in [-0.1, -0.05) is 75.5 Å². The Bertz CT molecular complexity index is 1300. The lowest BCUT2D eigenvalue weighted by atomic mass is 10.1. The highest BCUT2D eigenvalue weighted by Gasteiger charge is 2.33. The molecule has 180 valence electrons. The fourth-order valence-corrected chi connectivity index (χ4v) is 4.23. The molecular weight excluding hydrogens is 555 g/mol. The molecule has 0 aliphatic carbocycles. The molecule has 1 aliphatic rings. The highest BCUT2D eigenvalue weighted by atomic mass is 79.9. The summed E-state index contributed by atoms with van der Waals surface area (Å²) in [7, 11) is 0. The predicted octanol–water partition coefficient (Wildman–Crippen LogP) is 6.83. The zero-order valence-corrected chi connectivity index (χ0v) is 21.8. The number of amides is 3. The van der Waals surface area contributed by atoms with Crippen molar-refractivity contribution in [3.63, 3.8) is 0 Å². The van der Waals surface area contributed by atoms with Crippen molar-refractivity contribution in [2.24, 2.45) is 0 Å².